The third-order valence-electron chi connectivity index (χ3n) is 6.60. The van der Waals surface area contributed by atoms with E-state index in [0.717, 1.165) is 16.4 Å². The predicted molar refractivity (Wildman–Crippen MR) is 159 cm³/mol. The molecule has 20 nitrogen and oxygen atoms in total. The summed E-state index contributed by atoms with van der Waals surface area (Å²) in [5, 5.41) is 29.9. The van der Waals surface area contributed by atoms with E-state index in [1.54, 1.807) is 11.7 Å². The van der Waals surface area contributed by atoms with Crippen molar-refractivity contribution in [2.24, 2.45) is 17.9 Å². The van der Waals surface area contributed by atoms with E-state index < -0.39 is 52.5 Å². The van der Waals surface area contributed by atoms with Crippen LogP contribution in [-0.2, 0) is 37.6 Å². The molecule has 0 bridgehead atoms. The first-order valence-corrected chi connectivity index (χ1v) is 14.9. The van der Waals surface area contributed by atoms with Gasteiger partial charge in [-0.05, 0) is 13.8 Å². The van der Waals surface area contributed by atoms with Gasteiger partial charge < -0.3 is 42.9 Å². The third kappa shape index (κ3) is 6.76. The van der Waals surface area contributed by atoms with Gasteiger partial charge in [-0.2, -0.15) is 9.36 Å². The van der Waals surface area contributed by atoms with Crippen LogP contribution in [0.25, 0.3) is 0 Å². The topological polar surface area (TPSA) is 299 Å². The number of fused-ring (bicyclic) bond motifs is 1. The maximum atomic E-state index is 13.3. The van der Waals surface area contributed by atoms with Crippen molar-refractivity contribution in [1.29, 1.82) is 0 Å². The molecule has 11 N–H and O–H groups in total. The summed E-state index contributed by atoms with van der Waals surface area (Å²) in [7, 11) is 1.61. The number of hydrogen-bond acceptors (Lipinski definition) is 14. The Hall–Kier alpha value is -4.96. The highest BCUT2D eigenvalue weighted by Crippen LogP contribution is 2.40. The van der Waals surface area contributed by atoms with E-state index in [2.05, 4.69) is 30.5 Å². The number of carboxylic acids is 2. The fourth-order valence-corrected chi connectivity index (χ4v) is 5.91. The zero-order valence-corrected chi connectivity index (χ0v) is 25.8. The Labute approximate surface area is 262 Å². The molecule has 0 aliphatic carbocycles. The molecular weight excluding hydrogens is 636 g/mol. The lowest BCUT2D eigenvalue weighted by atomic mass is 10.0. The molecule has 0 spiro atoms. The minimum absolute atomic E-state index is 0.00361. The van der Waals surface area contributed by atoms with Crippen molar-refractivity contribution in [3.63, 3.8) is 0 Å². The minimum Gasteiger partial charge on any atom is -0.478 e. The van der Waals surface area contributed by atoms with Gasteiger partial charge in [0.05, 0.1) is 7.05 Å². The maximum Gasteiger partial charge on any atom is 0.352 e. The van der Waals surface area contributed by atoms with Gasteiger partial charge in [-0.15, -0.1) is 21.1 Å². The number of oxime groups is 1. The van der Waals surface area contributed by atoms with Crippen LogP contribution in [0.15, 0.2) is 22.6 Å². The Bertz CT molecular complexity index is 1620. The Kier molecular flexibility index (Phi) is 9.48. The monoisotopic (exact) mass is 667 g/mol. The first-order chi connectivity index (χ1) is 21.2. The predicted octanol–water partition coefficient (Wildman–Crippen LogP) is -2.57. The van der Waals surface area contributed by atoms with Crippen LogP contribution >= 0.6 is 23.3 Å². The summed E-state index contributed by atoms with van der Waals surface area (Å²) < 4.78 is 7.00. The number of aliphatic carboxylic acids is 2. The second-order valence-corrected chi connectivity index (χ2v) is 12.0. The van der Waals surface area contributed by atoms with E-state index in [4.69, 9.17) is 22.0 Å². The summed E-state index contributed by atoms with van der Waals surface area (Å²) in [5.74, 6) is -4.28. The first kappa shape index (κ1) is 32.9. The molecule has 4 heterocycles. The maximum absolute atomic E-state index is 13.3. The summed E-state index contributed by atoms with van der Waals surface area (Å²) in [6.45, 7) is 2.92. The Morgan fingerprint density at radius 3 is 2.58 bits per heavy atom. The number of carbonyl (C=O) groups excluding carboxylic acids is 3. The molecule has 1 fully saturated rings. The van der Waals surface area contributed by atoms with Gasteiger partial charge in [-0.1, -0.05) is 5.16 Å². The van der Waals surface area contributed by atoms with Crippen molar-refractivity contribution in [2.45, 2.75) is 37.4 Å². The molecule has 2 atom stereocenters. The van der Waals surface area contributed by atoms with Crippen LogP contribution in [-0.4, -0.2) is 101 Å². The second-order valence-electron chi connectivity index (χ2n) is 10.1. The standard InChI is InChI=1S/C23H30N12O8S2/c1-23(2,20(40)41)43-31-11(15-30-21(26)45-32-15)16(36)29-12-17(37)35-13(19(38)39)9(8-44-18(12)35)6-34-7-10(14(25)33(34)3)28-22(42)27-5-4-24/h7,12,18,25H,4-6,8,24H2,1-3H3,(H7,26,27,28,29,30,32,36,38,39,40,41,42)/p+1/b31-11+/t12-,18-/m0/s1. The molecule has 0 aromatic carbocycles. The molecule has 4 rings (SSSR count). The van der Waals surface area contributed by atoms with Crippen LogP contribution in [0.3, 0.4) is 0 Å². The summed E-state index contributed by atoms with van der Waals surface area (Å²) in [6, 6.07) is -1.68. The minimum atomic E-state index is -1.82. The Morgan fingerprint density at radius 2 is 1.98 bits per heavy atom. The highest BCUT2D eigenvalue weighted by molar-refractivity contribution is 8.00. The molecule has 2 aliphatic rings. The third-order valence-corrected chi connectivity index (χ3v) is 8.49. The molecule has 22 heteroatoms. The van der Waals surface area contributed by atoms with E-state index in [1.807, 2.05) is 0 Å². The number of carbonyl (C=O) groups is 5. The molecular formula is C23H31N12O8S2+. The number of rotatable bonds is 12. The van der Waals surface area contributed by atoms with Crippen LogP contribution in [0.5, 0.6) is 0 Å². The number of nitrogens with one attached hydrogen (secondary N) is 3. The molecule has 45 heavy (non-hydrogen) atoms. The molecule has 2 aromatic rings. The highest BCUT2D eigenvalue weighted by atomic mass is 32.2. The zero-order valence-electron chi connectivity index (χ0n) is 24.1. The van der Waals surface area contributed by atoms with Gasteiger partial charge in [-0.25, -0.2) is 14.4 Å². The number of urea groups is 1. The smallest absolute Gasteiger partial charge is 0.352 e. The number of amides is 4. The molecule has 2 aromatic heterocycles. The lowest BCUT2D eigenvalue weighted by Gasteiger charge is -2.49. The second kappa shape index (κ2) is 13.0. The number of thioether (sulfide) groups is 1. The number of carboxylic acid groups (broad SMARTS) is 2. The van der Waals surface area contributed by atoms with E-state index in [1.165, 1.54) is 36.5 Å². The molecule has 0 saturated carbocycles. The summed E-state index contributed by atoms with van der Waals surface area (Å²) >= 11 is 1.96. The van der Waals surface area contributed by atoms with Crippen molar-refractivity contribution in [1.82, 2.24) is 29.6 Å². The molecule has 2 aliphatic heterocycles. The fourth-order valence-electron chi connectivity index (χ4n) is 4.14. The SMILES string of the molecule is Cn1c(N)c(NC(=O)NCCN)c[n+]1CC1=C(C(=O)O)N2C(=O)[C@H](NC(=O)/C(=N/OC(C)(C)C(=O)O)c3nsc(N)n3)[C@@H]2SC1. The van der Waals surface area contributed by atoms with Crippen LogP contribution in [0.4, 0.5) is 21.4 Å². The summed E-state index contributed by atoms with van der Waals surface area (Å²) in [5.41, 5.74) is 15.2. The number of nitrogen functional groups attached to an aromatic ring is 2. The number of aromatic nitrogens is 4. The van der Waals surface area contributed by atoms with Crippen LogP contribution in [0.2, 0.25) is 0 Å². The lowest BCUT2D eigenvalue weighted by molar-refractivity contribution is -0.765. The van der Waals surface area contributed by atoms with E-state index in [0.29, 0.717) is 5.57 Å². The Balaban J connectivity index is 1.54. The van der Waals surface area contributed by atoms with Crippen molar-refractivity contribution in [3.8, 4) is 0 Å². The van der Waals surface area contributed by atoms with Gasteiger partial charge in [0.1, 0.15) is 17.1 Å². The van der Waals surface area contributed by atoms with Crippen LogP contribution < -0.4 is 37.8 Å². The van der Waals surface area contributed by atoms with E-state index in [9.17, 15) is 34.2 Å². The van der Waals surface area contributed by atoms with Crippen molar-refractivity contribution < 1.29 is 43.7 Å². The van der Waals surface area contributed by atoms with Gasteiger partial charge in [0.2, 0.25) is 23.3 Å². The zero-order chi connectivity index (χ0) is 33.2. The van der Waals surface area contributed by atoms with Gasteiger partial charge in [-0.3, -0.25) is 19.8 Å². The number of anilines is 3. The van der Waals surface area contributed by atoms with E-state index in [-0.39, 0.29) is 53.5 Å². The van der Waals surface area contributed by atoms with Gasteiger partial charge in [0.15, 0.2) is 23.2 Å². The molecule has 242 valence electrons. The molecule has 0 radical (unpaired) electrons. The van der Waals surface area contributed by atoms with Crippen molar-refractivity contribution in [3.05, 3.63) is 23.3 Å². The average molecular weight is 668 g/mol. The number of nitrogens with zero attached hydrogens (tertiary/aromatic N) is 6. The number of nitrogens with two attached hydrogens (primary N) is 3. The fraction of sp³-hybridized carbons (Fsp3) is 0.435. The van der Waals surface area contributed by atoms with Gasteiger partial charge in [0, 0.05) is 35.9 Å². The summed E-state index contributed by atoms with van der Waals surface area (Å²) in [4.78, 5) is 72.4. The average Bonchev–Trinajstić information content (AvgIpc) is 3.52. The normalized spacial score (nSPS) is 18.2. The van der Waals surface area contributed by atoms with E-state index >= 15 is 0 Å². The highest BCUT2D eigenvalue weighted by Gasteiger charge is 2.55. The van der Waals surface area contributed by atoms with Crippen molar-refractivity contribution >= 4 is 75.4 Å². The largest absolute Gasteiger partial charge is 0.478 e. The first-order valence-electron chi connectivity index (χ1n) is 13.1. The number of hydrogen-bond donors (Lipinski definition) is 8. The van der Waals surface area contributed by atoms with Crippen molar-refractivity contribution in [2.75, 3.05) is 35.6 Å². The lowest BCUT2D eigenvalue weighted by Crippen LogP contribution is -2.71. The molecule has 4 amide bonds. The summed E-state index contributed by atoms with van der Waals surface area (Å²) in [6.07, 6.45) is 1.52. The Morgan fingerprint density at radius 1 is 1.27 bits per heavy atom. The quantitative estimate of drug-likeness (QED) is 0.0500. The van der Waals surface area contributed by atoms with Gasteiger partial charge >= 0.3 is 18.0 Å². The molecule has 0 unspecified atom stereocenters. The molecule has 1 saturated heterocycles. The van der Waals surface area contributed by atoms with Crippen LogP contribution in [0, 0.1) is 0 Å². The number of β-lactam (4-membered cyclic amide) rings is 1. The van der Waals surface area contributed by atoms with Crippen LogP contribution in [0.1, 0.15) is 19.7 Å². The van der Waals surface area contributed by atoms with Gasteiger partial charge in [0.25, 0.3) is 11.8 Å².